The van der Waals surface area contributed by atoms with Gasteiger partial charge < -0.3 is 10.2 Å². The Hall–Kier alpha value is -3.50. The number of rotatable bonds is 2. The van der Waals surface area contributed by atoms with Crippen molar-refractivity contribution in [2.24, 2.45) is 0 Å². The van der Waals surface area contributed by atoms with Crippen molar-refractivity contribution in [1.82, 2.24) is 0 Å². The molecule has 0 amide bonds. The maximum atomic E-state index is 10.9. The molecule has 0 aromatic heterocycles. The summed E-state index contributed by atoms with van der Waals surface area (Å²) in [7, 11) is 0. The number of carboxylic acid groups (broad SMARTS) is 2. The predicted molar refractivity (Wildman–Crippen MR) is 90.0 cm³/mol. The Kier molecular flexibility index (Phi) is 5.04. The van der Waals surface area contributed by atoms with Gasteiger partial charge in [-0.3, -0.25) is 0 Å². The van der Waals surface area contributed by atoms with Gasteiger partial charge in [0.2, 0.25) is 0 Å². The van der Waals surface area contributed by atoms with Crippen LogP contribution in [0.5, 0.6) is 0 Å². The minimum atomic E-state index is -0.974. The zero-order valence-electron chi connectivity index (χ0n) is 13.2. The number of hydrogen-bond donors (Lipinski definition) is 2. The number of benzene rings is 2. The molecular formula is C20H14O4. The molecule has 2 aromatic rings. The Morgan fingerprint density at radius 2 is 1.12 bits per heavy atom. The van der Waals surface area contributed by atoms with Crippen LogP contribution in [-0.4, -0.2) is 22.2 Å². The van der Waals surface area contributed by atoms with E-state index < -0.39 is 11.9 Å². The first-order valence-corrected chi connectivity index (χ1v) is 7.08. The van der Waals surface area contributed by atoms with E-state index in [1.54, 1.807) is 38.1 Å². The maximum Gasteiger partial charge on any atom is 0.335 e. The minimum absolute atomic E-state index is 0.221. The number of aromatic carboxylic acids is 2. The van der Waals surface area contributed by atoms with Crippen LogP contribution in [0, 0.1) is 37.5 Å². The van der Waals surface area contributed by atoms with Crippen molar-refractivity contribution in [1.29, 1.82) is 0 Å². The molecule has 2 N–H and O–H groups in total. The van der Waals surface area contributed by atoms with Crippen molar-refractivity contribution in [3.05, 3.63) is 69.8 Å². The van der Waals surface area contributed by atoms with Gasteiger partial charge in [-0.25, -0.2) is 9.59 Å². The molecule has 0 spiro atoms. The van der Waals surface area contributed by atoms with Crippen LogP contribution in [0.4, 0.5) is 0 Å². The normalized spacial score (nSPS) is 9.25. The third-order valence-electron chi connectivity index (χ3n) is 3.40. The average Bonchev–Trinajstić information content (AvgIpc) is 2.53. The molecule has 24 heavy (non-hydrogen) atoms. The average molecular weight is 318 g/mol. The second-order valence-electron chi connectivity index (χ2n) is 5.17. The quantitative estimate of drug-likeness (QED) is 0.834. The van der Waals surface area contributed by atoms with Crippen LogP contribution in [-0.2, 0) is 0 Å². The molecule has 2 aromatic carbocycles. The van der Waals surface area contributed by atoms with E-state index in [0.717, 1.165) is 11.1 Å². The van der Waals surface area contributed by atoms with Crippen LogP contribution in [0.1, 0.15) is 43.0 Å². The van der Waals surface area contributed by atoms with E-state index in [4.69, 9.17) is 10.2 Å². The molecule has 0 aliphatic carbocycles. The summed E-state index contributed by atoms with van der Waals surface area (Å²) in [6, 6.07) is 9.44. The van der Waals surface area contributed by atoms with Gasteiger partial charge in [0.1, 0.15) is 0 Å². The molecule has 0 unspecified atom stereocenters. The first kappa shape index (κ1) is 16.9. The Labute approximate surface area is 139 Å². The summed E-state index contributed by atoms with van der Waals surface area (Å²) in [6.45, 7) is 3.58. The summed E-state index contributed by atoms with van der Waals surface area (Å²) < 4.78 is 0. The summed E-state index contributed by atoms with van der Waals surface area (Å²) in [4.78, 5) is 21.8. The summed E-state index contributed by atoms with van der Waals surface area (Å²) >= 11 is 0. The molecule has 2 rings (SSSR count). The summed E-state index contributed by atoms with van der Waals surface area (Å²) in [5.41, 5.74) is 3.41. The lowest BCUT2D eigenvalue weighted by Gasteiger charge is -1.99. The van der Waals surface area contributed by atoms with Crippen molar-refractivity contribution in [3.8, 4) is 23.7 Å². The first-order chi connectivity index (χ1) is 11.4. The minimum Gasteiger partial charge on any atom is -0.478 e. The molecule has 0 radical (unpaired) electrons. The Morgan fingerprint density at radius 1 is 0.750 bits per heavy atom. The molecule has 0 saturated carbocycles. The molecule has 0 saturated heterocycles. The van der Waals surface area contributed by atoms with Gasteiger partial charge in [0.15, 0.2) is 0 Å². The lowest BCUT2D eigenvalue weighted by molar-refractivity contribution is 0.0686. The monoisotopic (exact) mass is 318 g/mol. The smallest absolute Gasteiger partial charge is 0.335 e. The topological polar surface area (TPSA) is 74.6 Å². The molecule has 0 bridgehead atoms. The number of carboxylic acids is 2. The molecule has 0 fully saturated rings. The fourth-order valence-corrected chi connectivity index (χ4v) is 2.07. The first-order valence-electron chi connectivity index (χ1n) is 7.08. The second kappa shape index (κ2) is 7.17. The second-order valence-corrected chi connectivity index (χ2v) is 5.17. The third kappa shape index (κ3) is 4.03. The zero-order valence-corrected chi connectivity index (χ0v) is 13.2. The lowest BCUT2D eigenvalue weighted by atomic mass is 10.0. The predicted octanol–water partition coefficient (Wildman–Crippen LogP) is 3.10. The molecule has 0 aliphatic rings. The van der Waals surface area contributed by atoms with Crippen molar-refractivity contribution in [3.63, 3.8) is 0 Å². The van der Waals surface area contributed by atoms with Gasteiger partial charge in [-0.05, 0) is 73.2 Å². The van der Waals surface area contributed by atoms with Crippen LogP contribution >= 0.6 is 0 Å². The van der Waals surface area contributed by atoms with Gasteiger partial charge in [0.05, 0.1) is 11.1 Å². The fourth-order valence-electron chi connectivity index (χ4n) is 2.07. The van der Waals surface area contributed by atoms with E-state index in [2.05, 4.69) is 23.7 Å². The molecular weight excluding hydrogens is 304 g/mol. The summed E-state index contributed by atoms with van der Waals surface area (Å²) in [5.74, 6) is 9.29. The highest BCUT2D eigenvalue weighted by atomic mass is 16.4. The molecule has 0 atom stereocenters. The van der Waals surface area contributed by atoms with E-state index >= 15 is 0 Å². The standard InChI is InChI=1S/C20H14O4/c1-13-11-17(19(21)22)9-7-15(13)5-3-4-6-16-8-10-18(20(23)24)12-14(16)2/h7-12H,1-2H3,(H,21,22)(H,23,24). The van der Waals surface area contributed by atoms with Crippen LogP contribution in [0.25, 0.3) is 0 Å². The molecule has 0 aliphatic heterocycles. The maximum absolute atomic E-state index is 10.9. The van der Waals surface area contributed by atoms with E-state index in [9.17, 15) is 9.59 Å². The van der Waals surface area contributed by atoms with Crippen LogP contribution in [0.2, 0.25) is 0 Å². The summed E-state index contributed by atoms with van der Waals surface area (Å²) in [5, 5.41) is 17.8. The van der Waals surface area contributed by atoms with Gasteiger partial charge in [0.25, 0.3) is 0 Å². The van der Waals surface area contributed by atoms with E-state index in [1.807, 2.05) is 0 Å². The lowest BCUT2D eigenvalue weighted by Crippen LogP contribution is -1.97. The van der Waals surface area contributed by atoms with Crippen LogP contribution in [0.15, 0.2) is 36.4 Å². The molecule has 0 heterocycles. The molecule has 4 heteroatoms. The van der Waals surface area contributed by atoms with Crippen molar-refractivity contribution in [2.45, 2.75) is 13.8 Å². The van der Waals surface area contributed by atoms with Crippen LogP contribution in [0.3, 0.4) is 0 Å². The van der Waals surface area contributed by atoms with E-state index in [1.165, 1.54) is 12.1 Å². The Bertz CT molecular complexity index is 868. The highest BCUT2D eigenvalue weighted by Gasteiger charge is 2.04. The van der Waals surface area contributed by atoms with Crippen molar-refractivity contribution >= 4 is 11.9 Å². The Morgan fingerprint density at radius 3 is 1.42 bits per heavy atom. The van der Waals surface area contributed by atoms with E-state index in [-0.39, 0.29) is 11.1 Å². The van der Waals surface area contributed by atoms with Gasteiger partial charge in [-0.1, -0.05) is 11.8 Å². The number of hydrogen-bond acceptors (Lipinski definition) is 2. The Balaban J connectivity index is 2.22. The third-order valence-corrected chi connectivity index (χ3v) is 3.40. The SMILES string of the molecule is Cc1cc(C(=O)O)ccc1C#CC#Cc1ccc(C(=O)O)cc1C. The summed E-state index contributed by atoms with van der Waals surface area (Å²) in [6.07, 6.45) is 0. The van der Waals surface area contributed by atoms with Crippen LogP contribution < -0.4 is 0 Å². The zero-order chi connectivity index (χ0) is 17.7. The van der Waals surface area contributed by atoms with E-state index in [0.29, 0.717) is 11.1 Å². The highest BCUT2D eigenvalue weighted by molar-refractivity contribution is 5.88. The number of carbonyl (C=O) groups is 2. The van der Waals surface area contributed by atoms with Gasteiger partial charge >= 0.3 is 11.9 Å². The molecule has 4 nitrogen and oxygen atoms in total. The van der Waals surface area contributed by atoms with Gasteiger partial charge in [0, 0.05) is 11.1 Å². The van der Waals surface area contributed by atoms with Crippen molar-refractivity contribution in [2.75, 3.05) is 0 Å². The fraction of sp³-hybridized carbons (Fsp3) is 0.100. The van der Waals surface area contributed by atoms with Gasteiger partial charge in [-0.15, -0.1) is 0 Å². The highest BCUT2D eigenvalue weighted by Crippen LogP contribution is 2.11. The van der Waals surface area contributed by atoms with Gasteiger partial charge in [-0.2, -0.15) is 0 Å². The van der Waals surface area contributed by atoms with Crippen molar-refractivity contribution < 1.29 is 19.8 Å². The number of aryl methyl sites for hydroxylation is 2. The largest absolute Gasteiger partial charge is 0.478 e. The molecule has 118 valence electrons.